The summed E-state index contributed by atoms with van der Waals surface area (Å²) in [6.45, 7) is 6.06. The van der Waals surface area contributed by atoms with Crippen LogP contribution in [0.15, 0.2) is 85.3 Å². The van der Waals surface area contributed by atoms with Crippen molar-refractivity contribution < 1.29 is 9.18 Å². The van der Waals surface area contributed by atoms with Crippen LogP contribution >= 0.6 is 0 Å². The number of halogens is 1. The normalized spacial score (nSPS) is 10.5. The van der Waals surface area contributed by atoms with E-state index in [4.69, 9.17) is 0 Å². The Kier molecular flexibility index (Phi) is 6.40. The Balaban J connectivity index is 1.43. The van der Waals surface area contributed by atoms with E-state index in [0.717, 1.165) is 17.4 Å². The van der Waals surface area contributed by atoms with Gasteiger partial charge in [0.25, 0.3) is 5.91 Å². The van der Waals surface area contributed by atoms with Crippen LogP contribution in [0.5, 0.6) is 0 Å². The van der Waals surface area contributed by atoms with Crippen molar-refractivity contribution in [1.82, 2.24) is 19.7 Å². The van der Waals surface area contributed by atoms with Crippen LogP contribution < -0.4 is 16.0 Å². The standard InChI is InChI=1S/C24H22FN7O/c1-16-6-3-7-18(12-16)28-22-21(25)14-26-24(31-22)30-20-9-4-8-19(13-20)29-23(33)17(2)15-32-11-5-10-27-32/h3-14H,2,15H2,1H3,(H,29,33)(H2,26,28,30,31). The van der Waals surface area contributed by atoms with E-state index in [1.165, 1.54) is 0 Å². The fourth-order valence-electron chi connectivity index (χ4n) is 3.06. The Morgan fingerprint density at radius 2 is 1.82 bits per heavy atom. The van der Waals surface area contributed by atoms with Gasteiger partial charge < -0.3 is 16.0 Å². The second-order valence-corrected chi connectivity index (χ2v) is 7.35. The van der Waals surface area contributed by atoms with E-state index in [9.17, 15) is 9.18 Å². The number of hydrogen-bond acceptors (Lipinski definition) is 6. The maximum absolute atomic E-state index is 14.2. The monoisotopic (exact) mass is 443 g/mol. The lowest BCUT2D eigenvalue weighted by atomic mass is 10.2. The van der Waals surface area contributed by atoms with Crippen molar-refractivity contribution >= 4 is 34.7 Å². The quantitative estimate of drug-likeness (QED) is 0.339. The maximum atomic E-state index is 14.2. The Morgan fingerprint density at radius 1 is 1.06 bits per heavy atom. The topological polar surface area (TPSA) is 96.8 Å². The van der Waals surface area contributed by atoms with Gasteiger partial charge >= 0.3 is 0 Å². The molecule has 2 aromatic heterocycles. The lowest BCUT2D eigenvalue weighted by molar-refractivity contribution is -0.113. The van der Waals surface area contributed by atoms with Crippen LogP contribution in [0.2, 0.25) is 0 Å². The molecule has 0 aliphatic rings. The summed E-state index contributed by atoms with van der Waals surface area (Å²) in [5, 5.41) is 12.9. The molecule has 0 bridgehead atoms. The fraction of sp³-hybridized carbons (Fsp3) is 0.0833. The van der Waals surface area contributed by atoms with Crippen molar-refractivity contribution in [1.29, 1.82) is 0 Å². The van der Waals surface area contributed by atoms with Crippen LogP contribution in [0.4, 0.5) is 33.2 Å². The number of amides is 1. The molecule has 0 fully saturated rings. The molecule has 0 saturated carbocycles. The molecule has 0 aliphatic carbocycles. The van der Waals surface area contributed by atoms with Crippen molar-refractivity contribution in [2.24, 2.45) is 0 Å². The van der Waals surface area contributed by atoms with Crippen LogP contribution in [0, 0.1) is 12.7 Å². The van der Waals surface area contributed by atoms with E-state index in [-0.39, 0.29) is 24.2 Å². The highest BCUT2D eigenvalue weighted by molar-refractivity contribution is 6.03. The molecule has 0 unspecified atom stereocenters. The number of carbonyl (C=O) groups excluding carboxylic acids is 1. The first-order valence-corrected chi connectivity index (χ1v) is 10.2. The van der Waals surface area contributed by atoms with E-state index >= 15 is 0 Å². The molecule has 166 valence electrons. The lowest BCUT2D eigenvalue weighted by Crippen LogP contribution is -2.17. The third kappa shape index (κ3) is 5.79. The average Bonchev–Trinajstić information content (AvgIpc) is 3.29. The second-order valence-electron chi connectivity index (χ2n) is 7.35. The van der Waals surface area contributed by atoms with Crippen molar-refractivity contribution in [3.63, 3.8) is 0 Å². The molecule has 0 radical (unpaired) electrons. The minimum atomic E-state index is -0.571. The highest BCUT2D eigenvalue weighted by atomic mass is 19.1. The summed E-state index contributed by atoms with van der Waals surface area (Å²) in [7, 11) is 0. The van der Waals surface area contributed by atoms with Crippen LogP contribution in [-0.2, 0) is 11.3 Å². The van der Waals surface area contributed by atoms with Gasteiger partial charge in [-0.3, -0.25) is 9.48 Å². The summed E-state index contributed by atoms with van der Waals surface area (Å²) in [6.07, 6.45) is 4.49. The van der Waals surface area contributed by atoms with Crippen molar-refractivity contribution in [3.8, 4) is 0 Å². The average molecular weight is 443 g/mol. The van der Waals surface area contributed by atoms with Gasteiger partial charge in [0.2, 0.25) is 5.95 Å². The molecular weight excluding hydrogens is 421 g/mol. The van der Waals surface area contributed by atoms with Gasteiger partial charge in [-0.2, -0.15) is 10.1 Å². The molecule has 0 atom stereocenters. The van der Waals surface area contributed by atoms with Crippen LogP contribution in [0.3, 0.4) is 0 Å². The van der Waals surface area contributed by atoms with E-state index in [0.29, 0.717) is 16.9 Å². The Bertz CT molecular complexity index is 1290. The van der Waals surface area contributed by atoms with Crippen LogP contribution in [0.25, 0.3) is 0 Å². The number of nitrogens with one attached hydrogen (secondary N) is 3. The highest BCUT2D eigenvalue weighted by Gasteiger charge is 2.11. The van der Waals surface area contributed by atoms with Gasteiger partial charge in [-0.05, 0) is 48.9 Å². The SMILES string of the molecule is C=C(Cn1cccn1)C(=O)Nc1cccc(Nc2ncc(F)c(Nc3cccc(C)c3)n2)c1. The zero-order valence-electron chi connectivity index (χ0n) is 17.9. The largest absolute Gasteiger partial charge is 0.338 e. The lowest BCUT2D eigenvalue weighted by Gasteiger charge is -2.12. The van der Waals surface area contributed by atoms with Crippen molar-refractivity contribution in [2.45, 2.75) is 13.5 Å². The molecule has 0 saturated heterocycles. The predicted molar refractivity (Wildman–Crippen MR) is 126 cm³/mol. The number of nitrogens with zero attached hydrogens (tertiary/aromatic N) is 4. The zero-order valence-corrected chi connectivity index (χ0v) is 17.9. The summed E-state index contributed by atoms with van der Waals surface area (Å²) < 4.78 is 15.9. The van der Waals surface area contributed by atoms with E-state index < -0.39 is 5.82 Å². The smallest absolute Gasteiger partial charge is 0.252 e. The fourth-order valence-corrected chi connectivity index (χ4v) is 3.06. The number of aryl methyl sites for hydroxylation is 1. The van der Waals surface area contributed by atoms with Crippen molar-refractivity contribution in [3.05, 3.63) is 96.7 Å². The molecule has 0 aliphatic heterocycles. The van der Waals surface area contributed by atoms with E-state index in [2.05, 4.69) is 37.6 Å². The van der Waals surface area contributed by atoms with Gasteiger partial charge in [-0.15, -0.1) is 0 Å². The van der Waals surface area contributed by atoms with Gasteiger partial charge in [0.15, 0.2) is 11.6 Å². The number of rotatable bonds is 8. The third-order valence-electron chi connectivity index (χ3n) is 4.63. The highest BCUT2D eigenvalue weighted by Crippen LogP contribution is 2.22. The molecule has 1 amide bonds. The summed E-state index contributed by atoms with van der Waals surface area (Å²) in [4.78, 5) is 20.7. The Morgan fingerprint density at radius 3 is 2.58 bits per heavy atom. The molecule has 8 nitrogen and oxygen atoms in total. The van der Waals surface area contributed by atoms with Gasteiger partial charge in [0, 0.05) is 35.0 Å². The first kappa shape index (κ1) is 21.7. The number of anilines is 5. The van der Waals surface area contributed by atoms with E-state index in [1.54, 1.807) is 47.4 Å². The number of carbonyl (C=O) groups is 1. The molecule has 4 rings (SSSR count). The summed E-state index contributed by atoms with van der Waals surface area (Å²) >= 11 is 0. The van der Waals surface area contributed by atoms with Gasteiger partial charge in [0.05, 0.1) is 12.7 Å². The molecule has 9 heteroatoms. The minimum absolute atomic E-state index is 0.0532. The number of hydrogen-bond donors (Lipinski definition) is 3. The molecular formula is C24H22FN7O. The Labute approximate surface area is 190 Å². The Hall–Kier alpha value is -4.53. The van der Waals surface area contributed by atoms with E-state index in [1.807, 2.05) is 31.2 Å². The third-order valence-corrected chi connectivity index (χ3v) is 4.63. The molecule has 2 heterocycles. The summed E-state index contributed by atoms with van der Waals surface area (Å²) in [5.41, 5.74) is 3.31. The van der Waals surface area contributed by atoms with Crippen molar-refractivity contribution in [2.75, 3.05) is 16.0 Å². The molecule has 4 aromatic rings. The molecule has 3 N–H and O–H groups in total. The molecule has 0 spiro atoms. The summed E-state index contributed by atoms with van der Waals surface area (Å²) in [6, 6.07) is 16.3. The minimum Gasteiger partial charge on any atom is -0.338 e. The maximum Gasteiger partial charge on any atom is 0.252 e. The molecule has 33 heavy (non-hydrogen) atoms. The number of benzene rings is 2. The van der Waals surface area contributed by atoms with Gasteiger partial charge in [0.1, 0.15) is 0 Å². The zero-order chi connectivity index (χ0) is 23.2. The predicted octanol–water partition coefficient (Wildman–Crippen LogP) is 4.80. The first-order chi connectivity index (χ1) is 16.0. The second kappa shape index (κ2) is 9.73. The van der Waals surface area contributed by atoms with Crippen LogP contribution in [-0.4, -0.2) is 25.7 Å². The van der Waals surface area contributed by atoms with Gasteiger partial charge in [-0.25, -0.2) is 9.37 Å². The number of aromatic nitrogens is 4. The van der Waals surface area contributed by atoms with Gasteiger partial charge in [-0.1, -0.05) is 24.8 Å². The summed E-state index contributed by atoms with van der Waals surface area (Å²) in [5.74, 6) is -0.625. The molecule has 2 aromatic carbocycles. The first-order valence-electron chi connectivity index (χ1n) is 10.2. The van der Waals surface area contributed by atoms with Crippen LogP contribution in [0.1, 0.15) is 5.56 Å².